The van der Waals surface area contributed by atoms with Crippen LogP contribution in [0.25, 0.3) is 0 Å². The second-order valence-corrected chi connectivity index (χ2v) is 6.90. The van der Waals surface area contributed by atoms with E-state index in [4.69, 9.17) is 4.74 Å². The van der Waals surface area contributed by atoms with Crippen molar-refractivity contribution in [2.75, 3.05) is 16.8 Å². The maximum absolute atomic E-state index is 12.6. The molecule has 1 unspecified atom stereocenters. The predicted octanol–water partition coefficient (Wildman–Crippen LogP) is 3.56. The lowest BCUT2D eigenvalue weighted by molar-refractivity contribution is -0.122. The Labute approximate surface area is 164 Å². The lowest BCUT2D eigenvalue weighted by atomic mass is 10.1. The van der Waals surface area contributed by atoms with Crippen LogP contribution in [0.5, 0.6) is 0 Å². The Morgan fingerprint density at radius 1 is 1.11 bits per heavy atom. The highest BCUT2D eigenvalue weighted by molar-refractivity contribution is 5.99. The molecule has 0 aromatic heterocycles. The van der Waals surface area contributed by atoms with Gasteiger partial charge in [-0.1, -0.05) is 25.1 Å². The first-order chi connectivity index (χ1) is 13.5. The zero-order chi connectivity index (χ0) is 20.1. The van der Waals surface area contributed by atoms with Crippen LogP contribution in [0.1, 0.15) is 42.6 Å². The number of nitrogens with one attached hydrogen (secondary N) is 1. The fourth-order valence-corrected chi connectivity index (χ4v) is 3.37. The van der Waals surface area contributed by atoms with E-state index >= 15 is 0 Å². The van der Waals surface area contributed by atoms with Gasteiger partial charge in [-0.2, -0.15) is 0 Å². The monoisotopic (exact) mass is 380 g/mol. The number of nitrogens with zero attached hydrogens (tertiary/aromatic N) is 1. The summed E-state index contributed by atoms with van der Waals surface area (Å²) in [6.45, 7) is 3.60. The van der Waals surface area contributed by atoms with E-state index in [1.807, 2.05) is 38.1 Å². The van der Waals surface area contributed by atoms with Gasteiger partial charge in [-0.25, -0.2) is 4.79 Å². The largest absolute Gasteiger partial charge is 0.452 e. The van der Waals surface area contributed by atoms with Gasteiger partial charge in [0.2, 0.25) is 5.91 Å². The van der Waals surface area contributed by atoms with Crippen molar-refractivity contribution in [3.05, 3.63) is 59.7 Å². The van der Waals surface area contributed by atoms with Crippen LogP contribution in [-0.2, 0) is 20.7 Å². The molecule has 0 spiro atoms. The maximum atomic E-state index is 12.6. The number of para-hydroxylation sites is 1. The minimum absolute atomic E-state index is 0.0367. The molecule has 1 N–H and O–H groups in total. The van der Waals surface area contributed by atoms with E-state index in [1.54, 1.807) is 29.2 Å². The fourth-order valence-electron chi connectivity index (χ4n) is 3.37. The summed E-state index contributed by atoms with van der Waals surface area (Å²) in [5.41, 5.74) is 2.95. The molecule has 1 aliphatic heterocycles. The van der Waals surface area contributed by atoms with Gasteiger partial charge in [0.1, 0.15) is 0 Å². The third-order valence-electron chi connectivity index (χ3n) is 4.68. The first-order valence-corrected chi connectivity index (χ1v) is 9.46. The SMILES string of the molecule is CCCC(=O)Nc1ccc(C(=O)OCC(=O)N2c3ccccc3CC2C)cc1. The summed E-state index contributed by atoms with van der Waals surface area (Å²) in [6.07, 6.45) is 2.01. The molecule has 2 aromatic rings. The van der Waals surface area contributed by atoms with Gasteiger partial charge < -0.3 is 15.0 Å². The number of hydrogen-bond acceptors (Lipinski definition) is 4. The molecule has 0 fully saturated rings. The summed E-state index contributed by atoms with van der Waals surface area (Å²) in [7, 11) is 0. The van der Waals surface area contributed by atoms with Crippen LogP contribution in [0.2, 0.25) is 0 Å². The molecule has 146 valence electrons. The second-order valence-electron chi connectivity index (χ2n) is 6.90. The molecule has 6 heteroatoms. The average Bonchev–Trinajstić information content (AvgIpc) is 3.02. The highest BCUT2D eigenvalue weighted by Gasteiger charge is 2.31. The van der Waals surface area contributed by atoms with Crippen molar-refractivity contribution in [2.45, 2.75) is 39.2 Å². The Morgan fingerprint density at radius 3 is 2.54 bits per heavy atom. The van der Waals surface area contributed by atoms with E-state index in [1.165, 1.54) is 0 Å². The summed E-state index contributed by atoms with van der Waals surface area (Å²) in [4.78, 5) is 38.1. The molecule has 0 saturated carbocycles. The second kappa shape index (κ2) is 8.69. The summed E-state index contributed by atoms with van der Waals surface area (Å²) < 4.78 is 5.21. The Morgan fingerprint density at radius 2 is 1.82 bits per heavy atom. The molecule has 1 atom stereocenters. The number of esters is 1. The van der Waals surface area contributed by atoms with E-state index in [-0.39, 0.29) is 24.5 Å². The van der Waals surface area contributed by atoms with Crippen LogP contribution < -0.4 is 10.2 Å². The third kappa shape index (κ3) is 4.39. The first kappa shape index (κ1) is 19.6. The van der Waals surface area contributed by atoms with Crippen LogP contribution in [0, 0.1) is 0 Å². The molecule has 3 rings (SSSR count). The number of anilines is 2. The van der Waals surface area contributed by atoms with E-state index in [2.05, 4.69) is 5.32 Å². The summed E-state index contributed by atoms with van der Waals surface area (Å²) in [6, 6.07) is 14.2. The number of fused-ring (bicyclic) bond motifs is 1. The van der Waals surface area contributed by atoms with Gasteiger partial charge in [0, 0.05) is 23.8 Å². The van der Waals surface area contributed by atoms with Gasteiger partial charge >= 0.3 is 5.97 Å². The molecular weight excluding hydrogens is 356 g/mol. The summed E-state index contributed by atoms with van der Waals surface area (Å²) >= 11 is 0. The van der Waals surface area contributed by atoms with Crippen molar-refractivity contribution in [2.24, 2.45) is 0 Å². The third-order valence-corrected chi connectivity index (χ3v) is 4.68. The highest BCUT2D eigenvalue weighted by Crippen LogP contribution is 2.31. The fraction of sp³-hybridized carbons (Fsp3) is 0.318. The molecule has 1 aliphatic rings. The van der Waals surface area contributed by atoms with Crippen LogP contribution in [0.15, 0.2) is 48.5 Å². The van der Waals surface area contributed by atoms with E-state index in [0.717, 1.165) is 24.1 Å². The average molecular weight is 380 g/mol. The molecule has 0 bridgehead atoms. The summed E-state index contributed by atoms with van der Waals surface area (Å²) in [5.74, 6) is -0.877. The first-order valence-electron chi connectivity index (χ1n) is 9.46. The van der Waals surface area contributed by atoms with Crippen LogP contribution in [0.3, 0.4) is 0 Å². The zero-order valence-corrected chi connectivity index (χ0v) is 16.1. The number of rotatable bonds is 6. The quantitative estimate of drug-likeness (QED) is 0.778. The van der Waals surface area contributed by atoms with Gasteiger partial charge in [-0.05, 0) is 55.7 Å². The van der Waals surface area contributed by atoms with E-state index < -0.39 is 5.97 Å². The van der Waals surface area contributed by atoms with E-state index in [9.17, 15) is 14.4 Å². The molecular formula is C22H24N2O4. The number of carbonyl (C=O) groups excluding carboxylic acids is 3. The number of carbonyl (C=O) groups is 3. The molecule has 28 heavy (non-hydrogen) atoms. The molecule has 0 aliphatic carbocycles. The smallest absolute Gasteiger partial charge is 0.338 e. The van der Waals surface area contributed by atoms with Crippen molar-refractivity contribution in [1.29, 1.82) is 0 Å². The lowest BCUT2D eigenvalue weighted by Gasteiger charge is -2.22. The Hall–Kier alpha value is -3.15. The van der Waals surface area contributed by atoms with Gasteiger partial charge in [0.25, 0.3) is 5.91 Å². The van der Waals surface area contributed by atoms with Crippen molar-refractivity contribution in [1.82, 2.24) is 0 Å². The Bertz CT molecular complexity index is 876. The predicted molar refractivity (Wildman–Crippen MR) is 107 cm³/mol. The molecule has 1 heterocycles. The van der Waals surface area contributed by atoms with Crippen molar-refractivity contribution < 1.29 is 19.1 Å². The standard InChI is InChI=1S/C22H24N2O4/c1-3-6-20(25)23-18-11-9-16(10-12-18)22(27)28-14-21(26)24-15(2)13-17-7-4-5-8-19(17)24/h4-5,7-12,15H,3,6,13-14H2,1-2H3,(H,23,25). The number of benzene rings is 2. The molecule has 0 saturated heterocycles. The molecule has 2 amide bonds. The topological polar surface area (TPSA) is 75.7 Å². The van der Waals surface area contributed by atoms with Crippen molar-refractivity contribution >= 4 is 29.2 Å². The summed E-state index contributed by atoms with van der Waals surface area (Å²) in [5, 5.41) is 2.76. The van der Waals surface area contributed by atoms with Gasteiger partial charge in [0.05, 0.1) is 5.56 Å². The van der Waals surface area contributed by atoms with E-state index in [0.29, 0.717) is 17.7 Å². The minimum atomic E-state index is -0.570. The van der Waals surface area contributed by atoms with Gasteiger partial charge in [-0.15, -0.1) is 0 Å². The maximum Gasteiger partial charge on any atom is 0.338 e. The molecule has 0 radical (unpaired) electrons. The lowest BCUT2D eigenvalue weighted by Crippen LogP contribution is -2.38. The van der Waals surface area contributed by atoms with Crippen molar-refractivity contribution in [3.8, 4) is 0 Å². The minimum Gasteiger partial charge on any atom is -0.452 e. The number of hydrogen-bond donors (Lipinski definition) is 1. The van der Waals surface area contributed by atoms with Crippen molar-refractivity contribution in [3.63, 3.8) is 0 Å². The molecule has 6 nitrogen and oxygen atoms in total. The number of amides is 2. The van der Waals surface area contributed by atoms with Gasteiger partial charge in [0.15, 0.2) is 6.61 Å². The van der Waals surface area contributed by atoms with Crippen LogP contribution in [0.4, 0.5) is 11.4 Å². The number of ether oxygens (including phenoxy) is 1. The highest BCUT2D eigenvalue weighted by atomic mass is 16.5. The van der Waals surface area contributed by atoms with Gasteiger partial charge in [-0.3, -0.25) is 9.59 Å². The zero-order valence-electron chi connectivity index (χ0n) is 16.1. The Kier molecular flexibility index (Phi) is 6.09. The van der Waals surface area contributed by atoms with Crippen LogP contribution in [-0.4, -0.2) is 30.4 Å². The molecule has 2 aromatic carbocycles. The normalized spacial score (nSPS) is 15.1. The Balaban J connectivity index is 1.57. The van der Waals surface area contributed by atoms with Crippen LogP contribution >= 0.6 is 0 Å².